The van der Waals surface area contributed by atoms with E-state index in [-0.39, 0.29) is 38.1 Å². The van der Waals surface area contributed by atoms with Crippen LogP contribution in [0.3, 0.4) is 0 Å². The third kappa shape index (κ3) is 7.51. The van der Waals surface area contributed by atoms with E-state index in [2.05, 4.69) is 11.1 Å². The summed E-state index contributed by atoms with van der Waals surface area (Å²) in [6.07, 6.45) is -3.93. The molecule has 0 aliphatic carbocycles. The molecule has 6 aromatic carbocycles. The predicted molar refractivity (Wildman–Crippen MR) is 229 cm³/mol. The molecular weight excluding hydrogens is 866 g/mol. The fourth-order valence-corrected chi connectivity index (χ4v) is 6.72. The first-order valence-corrected chi connectivity index (χ1v) is 17.9. The summed E-state index contributed by atoms with van der Waals surface area (Å²) in [7, 11) is 0. The maximum atomic E-state index is 11.3. The predicted octanol–water partition coefficient (Wildman–Crippen LogP) is 13.2. The van der Waals surface area contributed by atoms with Gasteiger partial charge in [-0.05, 0) is 87.4 Å². The average Bonchev–Trinajstić information content (AvgIpc) is 3.67. The van der Waals surface area contributed by atoms with E-state index >= 15 is 0 Å². The third-order valence-corrected chi connectivity index (χ3v) is 9.59. The van der Waals surface area contributed by atoms with E-state index in [0.29, 0.717) is 39.2 Å². The van der Waals surface area contributed by atoms with Gasteiger partial charge in [0.1, 0.15) is 11.6 Å². The third-order valence-electron chi connectivity index (χ3n) is 9.59. The van der Waals surface area contributed by atoms with Gasteiger partial charge in [-0.25, -0.2) is 4.98 Å². The Morgan fingerprint density at radius 3 is 2.27 bits per heavy atom. The van der Waals surface area contributed by atoms with Gasteiger partial charge in [-0.15, -0.1) is 29.3 Å². The number of aromatic nitrogens is 3. The molecular formula is C51H46N3OPt-. The van der Waals surface area contributed by atoms with Crippen molar-refractivity contribution in [3.05, 3.63) is 168 Å². The zero-order valence-corrected chi connectivity index (χ0v) is 33.7. The normalized spacial score (nSPS) is 15.6. The van der Waals surface area contributed by atoms with Crippen LogP contribution < -0.4 is 0 Å². The Bertz CT molecular complexity index is 3290. The summed E-state index contributed by atoms with van der Waals surface area (Å²) in [4.78, 5) is 9.58. The van der Waals surface area contributed by atoms with Gasteiger partial charge in [0.05, 0.1) is 26.2 Å². The Morgan fingerprint density at radius 1 is 0.804 bits per heavy atom. The van der Waals surface area contributed by atoms with Crippen molar-refractivity contribution in [2.75, 3.05) is 0 Å². The molecule has 8 aromatic rings. The molecule has 0 saturated heterocycles. The topological polar surface area (TPSA) is 50.9 Å². The van der Waals surface area contributed by atoms with Crippen LogP contribution in [0.15, 0.2) is 146 Å². The van der Waals surface area contributed by atoms with Crippen LogP contribution >= 0.6 is 0 Å². The van der Waals surface area contributed by atoms with Gasteiger partial charge in [0, 0.05) is 46.8 Å². The maximum Gasteiger partial charge on any atom is 0.148 e. The van der Waals surface area contributed by atoms with Crippen LogP contribution in [-0.4, -0.2) is 19.6 Å². The second-order valence-corrected chi connectivity index (χ2v) is 14.6. The molecule has 0 fully saturated rings. The molecule has 4 nitrogen and oxygen atoms in total. The second-order valence-electron chi connectivity index (χ2n) is 14.6. The molecule has 282 valence electrons. The van der Waals surface area contributed by atoms with Crippen molar-refractivity contribution in [2.45, 2.75) is 59.2 Å². The molecule has 0 unspecified atom stereocenters. The van der Waals surface area contributed by atoms with Crippen molar-refractivity contribution in [3.8, 4) is 67.5 Å². The van der Waals surface area contributed by atoms with Crippen LogP contribution in [0.2, 0.25) is 0 Å². The number of fused-ring (bicyclic) bond motifs is 1. The number of aromatic hydroxyl groups is 1. The first kappa shape index (κ1) is 25.6. The zero-order valence-electron chi connectivity index (χ0n) is 44.4. The van der Waals surface area contributed by atoms with Crippen molar-refractivity contribution in [1.82, 2.24) is 14.5 Å². The molecule has 0 spiro atoms. The summed E-state index contributed by atoms with van der Waals surface area (Å²) >= 11 is 0. The maximum absolute atomic E-state index is 11.3. The van der Waals surface area contributed by atoms with E-state index in [0.717, 1.165) is 22.3 Å². The molecule has 0 aliphatic rings. The number of rotatable bonds is 8. The minimum absolute atomic E-state index is 0. The van der Waals surface area contributed by atoms with Crippen LogP contribution in [0.1, 0.15) is 81.9 Å². The Kier molecular flexibility index (Phi) is 7.25. The Balaban J connectivity index is 0.00000703. The number of phenols is 1. The summed E-state index contributed by atoms with van der Waals surface area (Å²) in [5, 5.41) is 11.3. The van der Waals surface area contributed by atoms with E-state index < -0.39 is 83.7 Å². The molecule has 0 saturated carbocycles. The number of imidazole rings is 1. The molecule has 8 rings (SSSR count). The van der Waals surface area contributed by atoms with Crippen LogP contribution in [-0.2, 0) is 32.9 Å². The summed E-state index contributed by atoms with van der Waals surface area (Å²) in [6.45, 7) is 6.27. The molecule has 1 N–H and O–H groups in total. The number of para-hydroxylation sites is 2. The van der Waals surface area contributed by atoms with Gasteiger partial charge < -0.3 is 5.11 Å². The van der Waals surface area contributed by atoms with Crippen molar-refractivity contribution in [1.29, 1.82) is 0 Å². The van der Waals surface area contributed by atoms with Gasteiger partial charge in [-0.3, -0.25) is 9.55 Å². The number of hydrogen-bond donors (Lipinski definition) is 1. The minimum atomic E-state index is -3.35. The number of benzene rings is 6. The molecule has 2 aromatic heterocycles. The van der Waals surface area contributed by atoms with E-state index in [9.17, 15) is 7.85 Å². The van der Waals surface area contributed by atoms with Crippen molar-refractivity contribution in [2.24, 2.45) is 0 Å². The quantitative estimate of drug-likeness (QED) is 0.155. The van der Waals surface area contributed by atoms with E-state index in [1.165, 1.54) is 0 Å². The number of phenolic OH excluding ortho intramolecular Hbond substituents is 1. The van der Waals surface area contributed by atoms with Crippen LogP contribution in [0.4, 0.5) is 0 Å². The van der Waals surface area contributed by atoms with Gasteiger partial charge >= 0.3 is 0 Å². The smallest absolute Gasteiger partial charge is 0.148 e. The first-order chi connectivity index (χ1) is 31.7. The molecule has 5 heteroatoms. The monoisotopic (exact) mass is 924 g/mol. The van der Waals surface area contributed by atoms with E-state index in [1.54, 1.807) is 30.3 Å². The summed E-state index contributed by atoms with van der Waals surface area (Å²) in [5.41, 5.74) is 4.26. The summed E-state index contributed by atoms with van der Waals surface area (Å²) < 4.78 is 113. The largest absolute Gasteiger partial charge is 0.507 e. The van der Waals surface area contributed by atoms with Crippen molar-refractivity contribution in [3.63, 3.8) is 0 Å². The number of hydrogen-bond acceptors (Lipinski definition) is 3. The molecule has 0 atom stereocenters. The zero-order chi connectivity index (χ0) is 49.6. The van der Waals surface area contributed by atoms with Crippen LogP contribution in [0.25, 0.3) is 72.7 Å². The van der Waals surface area contributed by atoms with Gasteiger partial charge in [-0.2, -0.15) is 0 Å². The van der Waals surface area contributed by atoms with Gasteiger partial charge in [0.2, 0.25) is 0 Å². The first-order valence-electron chi connectivity index (χ1n) is 24.4. The second kappa shape index (κ2) is 15.9. The Hall–Kier alpha value is -5.57. The molecule has 0 amide bonds. The standard InChI is InChI=1S/C51H46N3O.Pt/c1-7-34-20-22-35(23-21-34)37-26-27-52-46(31-37)39-28-38(29-40(30-39)51(4,5)6)43-17-13-18-47-49(43)53-50(44-16-11-12-19-48(44)55)54(47)41-24-25-42(45(32-41)33(2)3)36-14-9-8-10-15-36;/h8-27,29-33,55H,7H2,1-6H3;/q-1;/i1D3,7D2,20D,21D,22D,23D,26D,27D,31D,33D;. The molecule has 2 heterocycles. The summed E-state index contributed by atoms with van der Waals surface area (Å²) in [6, 6.07) is 30.4. The fraction of sp³-hybridized carbons (Fsp3) is 0.176. The van der Waals surface area contributed by atoms with Crippen molar-refractivity contribution >= 4 is 11.0 Å². The summed E-state index contributed by atoms with van der Waals surface area (Å²) in [5.74, 6) is -0.604. The molecule has 56 heavy (non-hydrogen) atoms. The van der Waals surface area contributed by atoms with Gasteiger partial charge in [-0.1, -0.05) is 143 Å². The number of pyridine rings is 1. The fourth-order valence-electron chi connectivity index (χ4n) is 6.72. The Labute approximate surface area is 363 Å². The van der Waals surface area contributed by atoms with Gasteiger partial charge in [0.25, 0.3) is 0 Å². The molecule has 0 radical (unpaired) electrons. The Morgan fingerprint density at radius 2 is 1.54 bits per heavy atom. The SMILES string of the molecule is [2H]c1nc(-c2[c-]c(-c3cccc4c3nc(-c3ccccc3O)n4-c3ccc(-c4ccccc4)c(C([2H])(C)C)c3)cc(C(C)(C)C)c2)c([2H])c(-c2c([2H])c([2H])c(C([2H])([2H])C([2H])([2H])[2H])c([2H])c2[2H])c1[2H].[Pt]. The van der Waals surface area contributed by atoms with Crippen LogP contribution in [0, 0.1) is 6.07 Å². The van der Waals surface area contributed by atoms with Crippen LogP contribution in [0.5, 0.6) is 5.75 Å². The average molecular weight is 925 g/mol. The molecule has 0 aliphatic heterocycles. The minimum Gasteiger partial charge on any atom is -0.507 e. The van der Waals surface area contributed by atoms with E-state index in [4.69, 9.17) is 20.1 Å². The number of nitrogens with zero attached hydrogens (tertiary/aromatic N) is 3. The van der Waals surface area contributed by atoms with E-state index in [1.807, 2.05) is 112 Å². The van der Waals surface area contributed by atoms with Crippen molar-refractivity contribution < 1.29 is 44.0 Å². The molecule has 0 bridgehead atoms. The van der Waals surface area contributed by atoms with Gasteiger partial charge in [0.15, 0.2) is 0 Å².